The number of nitrogens with zero attached hydrogens (tertiary/aromatic N) is 4. The number of nitrogen functional groups attached to an aromatic ring is 1. The number of hydrogen-bond donors (Lipinski definition) is 1. The summed E-state index contributed by atoms with van der Waals surface area (Å²) in [7, 11) is -4.23. The maximum atomic E-state index is 14.2. The lowest BCUT2D eigenvalue weighted by Gasteiger charge is -2.29. The number of anilines is 1. The van der Waals surface area contributed by atoms with Crippen molar-refractivity contribution in [3.8, 4) is 11.8 Å². The number of fused-ring (bicyclic) bond motifs is 2. The highest BCUT2D eigenvalue weighted by Crippen LogP contribution is 2.54. The van der Waals surface area contributed by atoms with E-state index in [9.17, 15) is 9.83 Å². The highest BCUT2D eigenvalue weighted by Gasteiger charge is 2.65. The first kappa shape index (κ1) is 43.7. The van der Waals surface area contributed by atoms with E-state index in [0.29, 0.717) is 17.6 Å². The first-order valence-electron chi connectivity index (χ1n) is 20.1. The van der Waals surface area contributed by atoms with Gasteiger partial charge in [-0.1, -0.05) is 114 Å². The third kappa shape index (κ3) is 12.1. The van der Waals surface area contributed by atoms with Crippen molar-refractivity contribution in [2.45, 2.75) is 147 Å². The SMILES string of the molecule is CCCCCCCCCCCCCCCCSCCCOP(=O)(OC[C@H]1O[C@@](C#N)(c2ccc3c(N)ncnn23)[C@@H]2OC(C)(C)O[C@@H]21)Oc1ccccc1Cl. The van der Waals surface area contributed by atoms with E-state index >= 15 is 0 Å². The van der Waals surface area contributed by atoms with E-state index in [1.807, 2.05) is 11.8 Å². The maximum absolute atomic E-state index is 14.2. The molecule has 5 atom stereocenters. The minimum Gasteiger partial charge on any atom is -0.402 e. The number of ether oxygens (including phenoxy) is 3. The monoisotopic (exact) mass is 819 g/mol. The van der Waals surface area contributed by atoms with Crippen molar-refractivity contribution in [3.05, 3.63) is 53.4 Å². The van der Waals surface area contributed by atoms with Crippen LogP contribution in [0.5, 0.6) is 5.75 Å². The Bertz CT molecular complexity index is 1730. The predicted octanol–water partition coefficient (Wildman–Crippen LogP) is 10.4. The smallest absolute Gasteiger partial charge is 0.402 e. The van der Waals surface area contributed by atoms with Gasteiger partial charge in [0, 0.05) is 0 Å². The topological polar surface area (TPSA) is 152 Å². The first-order chi connectivity index (χ1) is 26.6. The molecule has 304 valence electrons. The number of hydrogen-bond acceptors (Lipinski definition) is 12. The van der Waals surface area contributed by atoms with Gasteiger partial charge in [0.15, 0.2) is 11.6 Å². The van der Waals surface area contributed by atoms with Crippen LogP contribution in [0.3, 0.4) is 0 Å². The van der Waals surface area contributed by atoms with Crippen LogP contribution in [0.25, 0.3) is 5.52 Å². The number of phosphoric ester groups is 1. The summed E-state index contributed by atoms with van der Waals surface area (Å²) in [5.41, 5.74) is 5.31. The third-order valence-electron chi connectivity index (χ3n) is 10.0. The molecule has 1 aromatic carbocycles. The van der Waals surface area contributed by atoms with Crippen LogP contribution in [0, 0.1) is 11.3 Å². The largest absolute Gasteiger partial charge is 0.530 e. The second-order valence-electron chi connectivity index (χ2n) is 14.8. The van der Waals surface area contributed by atoms with E-state index in [4.69, 9.17) is 45.1 Å². The first-order valence-corrected chi connectivity index (χ1v) is 23.0. The predicted molar refractivity (Wildman–Crippen MR) is 217 cm³/mol. The Balaban J connectivity index is 1.08. The molecule has 2 aromatic heterocycles. The van der Waals surface area contributed by atoms with Crippen LogP contribution in [-0.2, 0) is 33.4 Å². The van der Waals surface area contributed by atoms with Crippen molar-refractivity contribution in [3.63, 3.8) is 0 Å². The van der Waals surface area contributed by atoms with Gasteiger partial charge >= 0.3 is 7.82 Å². The average molecular weight is 820 g/mol. The number of thioether (sulfide) groups is 1. The molecule has 3 aromatic rings. The molecular weight excluding hydrogens is 761 g/mol. The van der Waals surface area contributed by atoms with Gasteiger partial charge in [0.25, 0.3) is 0 Å². The van der Waals surface area contributed by atoms with Crippen molar-refractivity contribution in [2.24, 2.45) is 0 Å². The van der Waals surface area contributed by atoms with Gasteiger partial charge in [-0.05, 0) is 62.5 Å². The Labute approximate surface area is 336 Å². The third-order valence-corrected chi connectivity index (χ3v) is 12.9. The molecule has 0 bridgehead atoms. The summed E-state index contributed by atoms with van der Waals surface area (Å²) in [5, 5.41) is 15.3. The molecular formula is C40H59ClN5O7PS. The quantitative estimate of drug-likeness (QED) is 0.0606. The second-order valence-corrected chi connectivity index (χ2v) is 18.1. The number of nitriles is 1. The van der Waals surface area contributed by atoms with Crippen LogP contribution < -0.4 is 10.3 Å². The number of nitrogens with two attached hydrogens (primary N) is 1. The summed E-state index contributed by atoms with van der Waals surface area (Å²) in [6, 6.07) is 12.4. The second kappa shape index (κ2) is 21.4. The molecule has 12 nitrogen and oxygen atoms in total. The van der Waals surface area contributed by atoms with E-state index in [0.717, 1.165) is 11.5 Å². The van der Waals surface area contributed by atoms with Gasteiger partial charge in [-0.2, -0.15) is 22.1 Å². The average Bonchev–Trinajstić information content (AvgIpc) is 3.83. The fraction of sp³-hybridized carbons (Fsp3) is 0.675. The molecule has 55 heavy (non-hydrogen) atoms. The number of halogens is 1. The molecule has 0 spiro atoms. The van der Waals surface area contributed by atoms with Crippen LogP contribution in [-0.4, -0.2) is 63.4 Å². The molecule has 5 rings (SSSR count). The molecule has 4 heterocycles. The fourth-order valence-corrected chi connectivity index (χ4v) is 9.62. The number of benzene rings is 1. The molecule has 15 heteroatoms. The summed E-state index contributed by atoms with van der Waals surface area (Å²) in [6.45, 7) is 5.64. The molecule has 2 fully saturated rings. The summed E-state index contributed by atoms with van der Waals surface area (Å²) in [5.74, 6) is 1.30. The fourth-order valence-electron chi connectivity index (χ4n) is 7.20. The molecule has 0 aliphatic carbocycles. The number of aromatic nitrogens is 3. The lowest BCUT2D eigenvalue weighted by molar-refractivity contribution is -0.204. The highest BCUT2D eigenvalue weighted by molar-refractivity contribution is 7.99. The van der Waals surface area contributed by atoms with Crippen LogP contribution in [0.4, 0.5) is 5.82 Å². The van der Waals surface area contributed by atoms with E-state index in [-0.39, 0.29) is 29.8 Å². The minimum absolute atomic E-state index is 0.150. The standard InChI is InChI=1S/C40H59ClN5O7PS/c1-4-5-6-7-8-9-10-11-12-13-14-15-16-19-26-55-27-20-25-48-54(47,53-33-22-18-17-21-31(33)41)49-28-34-36-37(52-39(2,3)51-36)40(29-42,50-34)35-24-23-32-38(43)44-30-45-46(32)35/h17-18,21-24,30,34,36-37H,4-16,19-20,25-28H2,1-3H3,(H2,43,44,45)/t34-,36-,37-,40+,54?/m1/s1. The van der Waals surface area contributed by atoms with Crippen LogP contribution in [0.2, 0.25) is 5.02 Å². The van der Waals surface area contributed by atoms with E-state index in [2.05, 4.69) is 23.1 Å². The molecule has 2 aliphatic heterocycles. The Morgan fingerprint density at radius 3 is 2.24 bits per heavy atom. The molecule has 2 aliphatic rings. The summed E-state index contributed by atoms with van der Waals surface area (Å²) in [4.78, 5) is 4.05. The Kier molecular flexibility index (Phi) is 17.0. The number of rotatable bonds is 26. The van der Waals surface area contributed by atoms with Gasteiger partial charge in [-0.15, -0.1) is 0 Å². The van der Waals surface area contributed by atoms with Crippen molar-refractivity contribution >= 4 is 42.5 Å². The van der Waals surface area contributed by atoms with Crippen LogP contribution >= 0.6 is 31.2 Å². The zero-order valence-electron chi connectivity index (χ0n) is 32.7. The normalized spacial score (nSPS) is 22.8. The van der Waals surface area contributed by atoms with Gasteiger partial charge < -0.3 is 24.5 Å². The van der Waals surface area contributed by atoms with Crippen LogP contribution in [0.1, 0.15) is 123 Å². The molecule has 2 N–H and O–H groups in total. The Morgan fingerprint density at radius 2 is 1.56 bits per heavy atom. The van der Waals surface area contributed by atoms with Gasteiger partial charge in [-0.3, -0.25) is 9.05 Å². The van der Waals surface area contributed by atoms with E-state index in [1.165, 1.54) is 101 Å². The zero-order chi connectivity index (χ0) is 39.2. The molecule has 0 radical (unpaired) electrons. The molecule has 0 amide bonds. The van der Waals surface area contributed by atoms with Crippen molar-refractivity contribution in [2.75, 3.05) is 30.5 Å². The van der Waals surface area contributed by atoms with Crippen molar-refractivity contribution in [1.82, 2.24) is 14.6 Å². The van der Waals surface area contributed by atoms with Gasteiger partial charge in [-0.25, -0.2) is 14.1 Å². The maximum Gasteiger partial charge on any atom is 0.530 e. The lowest BCUT2D eigenvalue weighted by atomic mass is 9.92. The van der Waals surface area contributed by atoms with E-state index < -0.39 is 37.5 Å². The van der Waals surface area contributed by atoms with Gasteiger partial charge in [0.1, 0.15) is 42.0 Å². The summed E-state index contributed by atoms with van der Waals surface area (Å²) >= 11 is 8.24. The summed E-state index contributed by atoms with van der Waals surface area (Å²) < 4.78 is 52.3. The van der Waals surface area contributed by atoms with Crippen molar-refractivity contribution < 1.29 is 32.3 Å². The molecule has 0 saturated carbocycles. The minimum atomic E-state index is -4.23. The number of unbranched alkanes of at least 4 members (excludes halogenated alkanes) is 13. The Hall–Kier alpha value is -2.40. The van der Waals surface area contributed by atoms with E-state index in [1.54, 1.807) is 50.2 Å². The Morgan fingerprint density at radius 1 is 0.909 bits per heavy atom. The van der Waals surface area contributed by atoms with Gasteiger partial charge in [0.2, 0.25) is 5.60 Å². The van der Waals surface area contributed by atoms with Crippen LogP contribution in [0.15, 0.2) is 42.7 Å². The molecule has 1 unspecified atom stereocenters. The van der Waals surface area contributed by atoms with Crippen molar-refractivity contribution in [1.29, 1.82) is 5.26 Å². The number of para-hydroxylation sites is 1. The summed E-state index contributed by atoms with van der Waals surface area (Å²) in [6.07, 6.45) is 18.3. The number of phosphoric acid groups is 1. The lowest BCUT2D eigenvalue weighted by Crippen LogP contribution is -2.40. The van der Waals surface area contributed by atoms with Gasteiger partial charge in [0.05, 0.1) is 23.9 Å². The highest BCUT2D eigenvalue weighted by atomic mass is 35.5. The molecule has 2 saturated heterocycles. The zero-order valence-corrected chi connectivity index (χ0v) is 35.1.